The number of amides is 1. The molecule has 29 heavy (non-hydrogen) atoms. The average Bonchev–Trinajstić information content (AvgIpc) is 2.79. The maximum Gasteiger partial charge on any atom is 0.378 e. The zero-order valence-corrected chi connectivity index (χ0v) is 16.3. The molecule has 2 aliphatic rings. The predicted molar refractivity (Wildman–Crippen MR) is 118 cm³/mol. The number of nitrogens with zero attached hydrogens (tertiary/aromatic N) is 1. The van der Waals surface area contributed by atoms with Crippen molar-refractivity contribution in [3.8, 4) is 0 Å². The molecule has 1 fully saturated rings. The monoisotopic (exact) mass is 385 g/mol. The number of carbonyl (C=O) groups excluding carboxylic acids is 1. The van der Waals surface area contributed by atoms with Gasteiger partial charge in [0, 0.05) is 42.1 Å². The van der Waals surface area contributed by atoms with E-state index in [-0.39, 0.29) is 18.7 Å². The van der Waals surface area contributed by atoms with Crippen LogP contribution in [0.5, 0.6) is 0 Å². The lowest BCUT2D eigenvalue weighted by Gasteiger charge is -2.33. The molecule has 2 N–H and O–H groups in total. The molecule has 3 aromatic carbocycles. The molecule has 5 nitrogen and oxygen atoms in total. The van der Waals surface area contributed by atoms with Crippen LogP contribution < -0.4 is 10.5 Å². The summed E-state index contributed by atoms with van der Waals surface area (Å²) in [6.07, 6.45) is 0.451. The van der Waals surface area contributed by atoms with Crippen molar-refractivity contribution in [2.24, 2.45) is 0 Å². The van der Waals surface area contributed by atoms with Gasteiger partial charge < -0.3 is 20.1 Å². The molecule has 1 atom stereocenters. The highest BCUT2D eigenvalue weighted by Crippen LogP contribution is 2.37. The molecule has 2 aliphatic heterocycles. The topological polar surface area (TPSA) is 53.6 Å². The highest BCUT2D eigenvalue weighted by Gasteiger charge is 2.35. The Morgan fingerprint density at radius 2 is 1.59 bits per heavy atom. The number of morpholine rings is 1. The van der Waals surface area contributed by atoms with Crippen molar-refractivity contribution >= 4 is 35.0 Å². The first kappa shape index (κ1) is 18.1. The van der Waals surface area contributed by atoms with Crippen LogP contribution in [-0.2, 0) is 9.53 Å². The van der Waals surface area contributed by atoms with Crippen molar-refractivity contribution in [2.45, 2.75) is 12.2 Å². The van der Waals surface area contributed by atoms with Crippen molar-refractivity contribution < 1.29 is 9.53 Å². The number of nitrogens with one attached hydrogen (secondary N) is 2. The van der Waals surface area contributed by atoms with Crippen LogP contribution in [-0.4, -0.2) is 44.1 Å². The van der Waals surface area contributed by atoms with Gasteiger partial charge in [0.1, 0.15) is 0 Å². The van der Waals surface area contributed by atoms with Gasteiger partial charge in [-0.2, -0.15) is 0 Å². The maximum atomic E-state index is 13.1. The third-order valence-electron chi connectivity index (χ3n) is 5.92. The minimum absolute atomic E-state index is 0.00940. The Morgan fingerprint density at radius 3 is 2.24 bits per heavy atom. The maximum absolute atomic E-state index is 13.1. The highest BCUT2D eigenvalue weighted by molar-refractivity contribution is 6.69. The SMILES string of the molecule is O=C(C[C@@H](B1Nc2cccc3cccc(c23)N1)c1ccccc1)N1CCOCC1. The molecule has 6 heteroatoms. The van der Waals surface area contributed by atoms with E-state index in [4.69, 9.17) is 4.74 Å². The largest absolute Gasteiger partial charge is 0.408 e. The van der Waals surface area contributed by atoms with Gasteiger partial charge in [0.25, 0.3) is 0 Å². The fourth-order valence-electron chi connectivity index (χ4n) is 4.41. The second kappa shape index (κ2) is 7.80. The van der Waals surface area contributed by atoms with Crippen LogP contribution in [0.3, 0.4) is 0 Å². The van der Waals surface area contributed by atoms with Gasteiger partial charge in [-0.3, -0.25) is 4.79 Å². The van der Waals surface area contributed by atoms with Crippen molar-refractivity contribution in [2.75, 3.05) is 36.8 Å². The number of rotatable bonds is 4. The van der Waals surface area contributed by atoms with Crippen LogP contribution >= 0.6 is 0 Å². The molecule has 1 saturated heterocycles. The Labute approximate surface area is 171 Å². The fourth-order valence-corrected chi connectivity index (χ4v) is 4.41. The summed E-state index contributed by atoms with van der Waals surface area (Å²) in [5, 5.41) is 9.74. The molecule has 0 unspecified atom stereocenters. The Hall–Kier alpha value is -2.99. The van der Waals surface area contributed by atoms with Gasteiger partial charge >= 0.3 is 6.98 Å². The summed E-state index contributed by atoms with van der Waals surface area (Å²) in [4.78, 5) is 15.0. The lowest BCUT2D eigenvalue weighted by molar-refractivity contribution is -0.135. The molecule has 3 aromatic rings. The summed E-state index contributed by atoms with van der Waals surface area (Å²) >= 11 is 0. The number of carbonyl (C=O) groups is 1. The fraction of sp³-hybridized carbons (Fsp3) is 0.261. The number of ether oxygens (including phenoxy) is 1. The quantitative estimate of drug-likeness (QED) is 0.672. The van der Waals surface area contributed by atoms with E-state index in [0.717, 1.165) is 16.9 Å². The summed E-state index contributed by atoms with van der Waals surface area (Å²) in [5.41, 5.74) is 3.38. The summed E-state index contributed by atoms with van der Waals surface area (Å²) in [6, 6.07) is 23.0. The molecule has 0 aliphatic carbocycles. The van der Waals surface area contributed by atoms with Crippen LogP contribution in [0.1, 0.15) is 17.8 Å². The van der Waals surface area contributed by atoms with Gasteiger partial charge in [-0.15, -0.1) is 0 Å². The Balaban J connectivity index is 1.46. The first-order chi connectivity index (χ1) is 14.3. The molecule has 5 rings (SSSR count). The van der Waals surface area contributed by atoms with Gasteiger partial charge in [0.2, 0.25) is 5.91 Å². The molecular formula is C23H24BN3O2. The van der Waals surface area contributed by atoms with Crippen LogP contribution in [0.15, 0.2) is 66.7 Å². The minimum atomic E-state index is -0.0668. The molecule has 0 bridgehead atoms. The Bertz CT molecular complexity index is 980. The van der Waals surface area contributed by atoms with Crippen molar-refractivity contribution in [1.82, 2.24) is 4.90 Å². The van der Waals surface area contributed by atoms with Crippen molar-refractivity contribution in [1.29, 1.82) is 0 Å². The molecular weight excluding hydrogens is 361 g/mol. The standard InChI is InChI=1S/C23H24BN3O2/c28-22(27-12-14-29-15-13-27)16-19(17-6-2-1-3-7-17)24-25-20-10-4-8-18-9-5-11-21(26-24)23(18)20/h1-11,19,25-26H,12-16H2/t19-/m1/s1. The summed E-state index contributed by atoms with van der Waals surface area (Å²) < 4.78 is 5.41. The third kappa shape index (κ3) is 3.56. The second-order valence-electron chi connectivity index (χ2n) is 7.69. The van der Waals surface area contributed by atoms with E-state index in [1.807, 2.05) is 23.1 Å². The van der Waals surface area contributed by atoms with Gasteiger partial charge in [-0.25, -0.2) is 0 Å². The summed E-state index contributed by atoms with van der Waals surface area (Å²) in [5.74, 6) is 0.193. The molecule has 0 radical (unpaired) electrons. The Morgan fingerprint density at radius 1 is 0.931 bits per heavy atom. The molecule has 146 valence electrons. The molecule has 2 heterocycles. The third-order valence-corrected chi connectivity index (χ3v) is 5.92. The van der Waals surface area contributed by atoms with Crippen molar-refractivity contribution in [3.05, 3.63) is 72.3 Å². The van der Waals surface area contributed by atoms with Gasteiger partial charge in [0.15, 0.2) is 0 Å². The van der Waals surface area contributed by atoms with E-state index in [9.17, 15) is 4.79 Å². The summed E-state index contributed by atoms with van der Waals surface area (Å²) in [6.45, 7) is 2.53. The van der Waals surface area contributed by atoms with Crippen LogP contribution in [0.2, 0.25) is 0 Å². The van der Waals surface area contributed by atoms with Gasteiger partial charge in [-0.1, -0.05) is 54.6 Å². The van der Waals surface area contributed by atoms with Gasteiger partial charge in [-0.05, 0) is 23.1 Å². The number of benzene rings is 3. The molecule has 1 amide bonds. The van der Waals surface area contributed by atoms with Crippen molar-refractivity contribution in [3.63, 3.8) is 0 Å². The van der Waals surface area contributed by atoms with E-state index < -0.39 is 0 Å². The van der Waals surface area contributed by atoms with E-state index in [2.05, 4.69) is 59.0 Å². The lowest BCUT2D eigenvalue weighted by atomic mass is 9.56. The zero-order valence-electron chi connectivity index (χ0n) is 16.3. The minimum Gasteiger partial charge on any atom is -0.408 e. The van der Waals surface area contributed by atoms with Crippen LogP contribution in [0.25, 0.3) is 10.8 Å². The number of hydrogen-bond donors (Lipinski definition) is 2. The number of hydrogen-bond acceptors (Lipinski definition) is 4. The molecule has 0 spiro atoms. The second-order valence-corrected chi connectivity index (χ2v) is 7.69. The average molecular weight is 385 g/mol. The van der Waals surface area contributed by atoms with Crippen LogP contribution in [0, 0.1) is 0 Å². The van der Waals surface area contributed by atoms with Gasteiger partial charge in [0.05, 0.1) is 13.2 Å². The first-order valence-corrected chi connectivity index (χ1v) is 10.2. The van der Waals surface area contributed by atoms with E-state index in [0.29, 0.717) is 32.7 Å². The zero-order chi connectivity index (χ0) is 19.6. The predicted octanol–water partition coefficient (Wildman–Crippen LogP) is 3.74. The molecule has 0 saturated carbocycles. The molecule has 0 aromatic heterocycles. The van der Waals surface area contributed by atoms with E-state index in [1.165, 1.54) is 10.8 Å². The Kier molecular flexibility index (Phi) is 4.86. The van der Waals surface area contributed by atoms with Crippen LogP contribution in [0.4, 0.5) is 11.4 Å². The van der Waals surface area contributed by atoms with E-state index >= 15 is 0 Å². The normalized spacial score (nSPS) is 16.8. The first-order valence-electron chi connectivity index (χ1n) is 10.2. The summed E-state index contributed by atoms with van der Waals surface area (Å²) in [7, 11) is 0. The highest BCUT2D eigenvalue weighted by atomic mass is 16.5. The lowest BCUT2D eigenvalue weighted by Crippen LogP contribution is -2.47. The van der Waals surface area contributed by atoms with E-state index in [1.54, 1.807) is 0 Å². The number of anilines is 2. The smallest absolute Gasteiger partial charge is 0.378 e.